The van der Waals surface area contributed by atoms with Crippen molar-refractivity contribution in [3.05, 3.63) is 72.8 Å². The minimum absolute atomic E-state index is 0.444. The van der Waals surface area contributed by atoms with Gasteiger partial charge in [-0.05, 0) is 107 Å². The Balaban J connectivity index is 1.51. The third kappa shape index (κ3) is 29.8. The highest BCUT2D eigenvalue weighted by atomic mass is 35.7. The van der Waals surface area contributed by atoms with Gasteiger partial charge in [0.2, 0.25) is 0 Å². The van der Waals surface area contributed by atoms with Crippen molar-refractivity contribution < 1.29 is 28.4 Å². The number of hydrogen-bond acceptors (Lipinski definition) is 6. The number of rotatable bonds is 48. The zero-order chi connectivity index (χ0) is 53.6. The zero-order valence-corrected chi connectivity index (χ0v) is 53.1. The van der Waals surface area contributed by atoms with Crippen LogP contribution in [0.4, 0.5) is 0 Å². The van der Waals surface area contributed by atoms with Gasteiger partial charge in [-0.25, -0.2) is 0 Å². The highest BCUT2D eigenvalue weighted by Gasteiger charge is 2.29. The van der Waals surface area contributed by atoms with E-state index in [1.54, 1.807) is 0 Å². The first-order chi connectivity index (χ1) is 35.7. The number of hydrogen-bond donors (Lipinski definition) is 0. The molecule has 0 aliphatic heterocycles. The Morgan fingerprint density at radius 2 is 0.595 bits per heavy atom. The van der Waals surface area contributed by atoms with Gasteiger partial charge in [-0.1, -0.05) is 216 Å². The van der Waals surface area contributed by atoms with Crippen LogP contribution >= 0.6 is 19.9 Å². The maximum atomic E-state index is 7.95. The molecule has 74 heavy (non-hydrogen) atoms. The second kappa shape index (κ2) is 39.6. The lowest BCUT2D eigenvalue weighted by atomic mass is 10.0. The molecule has 0 aliphatic rings. The fraction of sp³-hybridized carbons (Fsp3) is 0.714. The van der Waals surface area contributed by atoms with Crippen molar-refractivity contribution in [1.29, 1.82) is 0 Å². The summed E-state index contributed by atoms with van der Waals surface area (Å²) in [6, 6.07) is 28.6. The highest BCUT2D eigenvalue weighted by Crippen LogP contribution is 2.72. The average Bonchev–Trinajstić information content (AvgIpc) is 3.38. The van der Waals surface area contributed by atoms with Crippen molar-refractivity contribution in [1.82, 2.24) is 0 Å². The van der Waals surface area contributed by atoms with Crippen molar-refractivity contribution in [2.24, 2.45) is 0 Å². The molecule has 0 bridgehead atoms. The van der Waals surface area contributed by atoms with E-state index in [0.29, 0.717) is 54.8 Å². The fourth-order valence-corrected chi connectivity index (χ4v) is 16.4. The first-order valence-corrected chi connectivity index (χ1v) is 35.5. The van der Waals surface area contributed by atoms with Gasteiger partial charge in [0.15, 0.2) is 0 Å². The van der Waals surface area contributed by atoms with E-state index in [2.05, 4.69) is 98.7 Å². The molecule has 3 aromatic carbocycles. The van der Waals surface area contributed by atoms with Crippen LogP contribution in [0.3, 0.4) is 0 Å². The molecule has 3 aromatic rings. The third-order valence-electron chi connectivity index (χ3n) is 13.9. The molecule has 0 aliphatic carbocycles. The quantitative estimate of drug-likeness (QED) is 0.0415. The van der Waals surface area contributed by atoms with Gasteiger partial charge in [0.05, 0.1) is 19.8 Å². The zero-order valence-electron chi connectivity index (χ0n) is 48.5. The predicted molar refractivity (Wildman–Crippen MR) is 324 cm³/mol. The molecule has 0 spiro atoms. The van der Waals surface area contributed by atoms with Crippen molar-refractivity contribution in [2.45, 2.75) is 245 Å². The van der Waals surface area contributed by atoms with Gasteiger partial charge < -0.3 is 28.4 Å². The monoisotopic (exact) mass is 1110 g/mol. The van der Waals surface area contributed by atoms with E-state index in [1.165, 1.54) is 134 Å². The van der Waals surface area contributed by atoms with Gasteiger partial charge in [-0.3, -0.25) is 0 Å². The Morgan fingerprint density at radius 1 is 0.338 bits per heavy atom. The molecule has 0 fully saturated rings. The Hall–Kier alpha value is -1.77. The Bertz CT molecular complexity index is 1590. The summed E-state index contributed by atoms with van der Waals surface area (Å²) in [6.07, 6.45) is 27.7. The molecule has 0 aromatic heterocycles. The molecule has 0 N–H and O–H groups in total. The van der Waals surface area contributed by atoms with Crippen molar-refractivity contribution in [3.63, 3.8) is 0 Å². The van der Waals surface area contributed by atoms with Gasteiger partial charge in [-0.15, -0.1) is 0 Å². The number of halogens is 1. The van der Waals surface area contributed by atoms with Crippen LogP contribution in [0.1, 0.15) is 197 Å². The molecule has 418 valence electrons. The number of benzene rings is 3. The van der Waals surface area contributed by atoms with Crippen LogP contribution in [0, 0.1) is 0 Å². The van der Waals surface area contributed by atoms with Gasteiger partial charge in [0.25, 0.3) is 0 Å². The minimum atomic E-state index is -2.17. The SMILES string of the molecule is CCCCCCCC(C)(C)[Si]CCCOCCOc1ccc(S(Cl)(c2ccc(OCCOCCC[Si]C(C)(C)CCCCCCC)cc2)c2ccc(OCCOCCC[Si]C(C)(C)CCCCCCC)cc2)cc1. The lowest BCUT2D eigenvalue weighted by molar-refractivity contribution is 0.100. The van der Waals surface area contributed by atoms with Crippen LogP contribution in [-0.2, 0) is 14.2 Å². The molecule has 0 atom stereocenters. The molecular weight excluding hydrogens is 1000 g/mol. The predicted octanol–water partition coefficient (Wildman–Crippen LogP) is 19.5. The van der Waals surface area contributed by atoms with Crippen LogP contribution in [0.15, 0.2) is 87.5 Å². The molecule has 0 heterocycles. The first kappa shape index (κ1) is 66.5. The molecule has 3 rings (SSSR count). The molecule has 11 heteroatoms. The minimum Gasteiger partial charge on any atom is -0.491 e. The summed E-state index contributed by atoms with van der Waals surface area (Å²) in [5.41, 5.74) is 0. The van der Waals surface area contributed by atoms with E-state index in [9.17, 15) is 0 Å². The van der Waals surface area contributed by atoms with Gasteiger partial charge in [-0.2, -0.15) is 0 Å². The van der Waals surface area contributed by atoms with Gasteiger partial charge >= 0.3 is 0 Å². The summed E-state index contributed by atoms with van der Waals surface area (Å²) in [4.78, 5) is 3.09. The second-order valence-electron chi connectivity index (χ2n) is 22.3. The van der Waals surface area contributed by atoms with Gasteiger partial charge in [0, 0.05) is 63.1 Å². The normalized spacial score (nSPS) is 12.6. The average molecular weight is 1110 g/mol. The van der Waals surface area contributed by atoms with Crippen LogP contribution in [0.2, 0.25) is 33.2 Å². The smallest absolute Gasteiger partial charge is 0.119 e. The largest absolute Gasteiger partial charge is 0.491 e. The van der Waals surface area contributed by atoms with E-state index >= 15 is 0 Å². The summed E-state index contributed by atoms with van der Waals surface area (Å²) in [5, 5.41) is 1.33. The number of ether oxygens (including phenoxy) is 6. The van der Waals surface area contributed by atoms with E-state index in [-0.39, 0.29) is 0 Å². The molecule has 0 saturated carbocycles. The second-order valence-corrected chi connectivity index (χ2v) is 32.8. The molecule has 0 unspecified atom stereocenters. The van der Waals surface area contributed by atoms with Crippen molar-refractivity contribution >= 4 is 48.5 Å². The topological polar surface area (TPSA) is 55.4 Å². The summed E-state index contributed by atoms with van der Waals surface area (Å²) in [7, 11) is 8.74. The number of unbranched alkanes of at least 4 members (excludes halogenated alkanes) is 12. The summed E-state index contributed by atoms with van der Waals surface area (Å²) >= 11 is 0. The molecule has 0 amide bonds. The molecule has 0 saturated heterocycles. The lowest BCUT2D eigenvalue weighted by Crippen LogP contribution is -2.14. The third-order valence-corrected chi connectivity index (χ3v) is 23.7. The Morgan fingerprint density at radius 3 is 0.851 bits per heavy atom. The van der Waals surface area contributed by atoms with Crippen LogP contribution in [0.25, 0.3) is 0 Å². The standard InChI is InChI=1S/C63H105ClO6SSi3/c1-10-13-16-19-22-40-61(4,5)72-52-25-43-65-46-49-68-55-28-34-58(35-29-55)71(64,59-36-30-56(31-37-59)69-50-47-66-44-26-53-73-62(6,7)41-23-20-17-14-11-2)60-38-32-57(33-39-60)70-51-48-67-45-27-54-74-63(8,9)42-24-21-18-15-12-3/h28-39H,10-27,40-54H2,1-9H3. The van der Waals surface area contributed by atoms with Crippen LogP contribution in [-0.4, -0.2) is 88.0 Å². The van der Waals surface area contributed by atoms with E-state index < -0.39 is 9.24 Å². The van der Waals surface area contributed by atoms with Gasteiger partial charge in [0.1, 0.15) is 37.1 Å². The van der Waals surface area contributed by atoms with Crippen LogP contribution < -0.4 is 14.2 Å². The fourth-order valence-electron chi connectivity index (χ4n) is 9.12. The first-order valence-electron chi connectivity index (χ1n) is 29.4. The lowest BCUT2D eigenvalue weighted by Gasteiger charge is -2.34. The summed E-state index contributed by atoms with van der Waals surface area (Å²) in [5.74, 6) is 2.43. The molecule has 6 nitrogen and oxygen atoms in total. The Labute approximate surface area is 468 Å². The Kier molecular flexibility index (Phi) is 35.6. The summed E-state index contributed by atoms with van der Waals surface area (Å²) < 4.78 is 36.5. The van der Waals surface area contributed by atoms with E-state index in [0.717, 1.165) is 99.6 Å². The van der Waals surface area contributed by atoms with Crippen LogP contribution in [0.5, 0.6) is 17.2 Å². The van der Waals surface area contributed by atoms with E-state index in [1.807, 2.05) is 36.4 Å². The van der Waals surface area contributed by atoms with Crippen molar-refractivity contribution in [2.75, 3.05) is 59.5 Å². The van der Waals surface area contributed by atoms with Crippen molar-refractivity contribution in [3.8, 4) is 17.2 Å². The molecule has 6 radical (unpaired) electrons. The summed E-state index contributed by atoms with van der Waals surface area (Å²) in [6.45, 7) is 27.1. The van der Waals surface area contributed by atoms with E-state index in [4.69, 9.17) is 39.1 Å². The maximum absolute atomic E-state index is 7.95. The highest BCUT2D eigenvalue weighted by molar-refractivity contribution is 8.51. The maximum Gasteiger partial charge on any atom is 0.119 e. The molecular formula is C63H105ClO6SSi3.